The summed E-state index contributed by atoms with van der Waals surface area (Å²) in [5, 5.41) is 5.18. The predicted molar refractivity (Wildman–Crippen MR) is 124 cm³/mol. The van der Waals surface area contributed by atoms with Crippen LogP contribution in [-0.2, 0) is 12.7 Å². The Balaban J connectivity index is 1.44. The molecule has 0 aliphatic carbocycles. The second-order valence-corrected chi connectivity index (χ2v) is 7.80. The standard InChI is InChI=1S/C24H19F3N4S/c25-24(26,27)19-10-13-21(14-11-19)32-31-22-8-4-7-18-9-12-20(30-23(18)22)16-29-28-15-17-5-2-1-3-6-17/h1-14,16,28,31H,15H2/b29-16+. The first kappa shape index (κ1) is 21.7. The van der Waals surface area contributed by atoms with Crippen LogP contribution in [0.1, 0.15) is 16.8 Å². The largest absolute Gasteiger partial charge is 0.416 e. The summed E-state index contributed by atoms with van der Waals surface area (Å²) in [6.07, 6.45) is -2.69. The SMILES string of the molecule is FC(F)(F)c1ccc(SNc2cccc3ccc(/C=N/NCc4ccccc4)nc23)cc1. The van der Waals surface area contributed by atoms with E-state index in [2.05, 4.69) is 20.2 Å². The van der Waals surface area contributed by atoms with Crippen LogP contribution in [0.15, 0.2) is 94.9 Å². The van der Waals surface area contributed by atoms with Gasteiger partial charge in [0.1, 0.15) is 0 Å². The molecule has 162 valence electrons. The van der Waals surface area contributed by atoms with E-state index >= 15 is 0 Å². The van der Waals surface area contributed by atoms with Crippen LogP contribution in [0.3, 0.4) is 0 Å². The van der Waals surface area contributed by atoms with Crippen LogP contribution in [0.5, 0.6) is 0 Å². The van der Waals surface area contributed by atoms with Crippen molar-refractivity contribution in [2.75, 3.05) is 4.72 Å². The predicted octanol–water partition coefficient (Wildman–Crippen LogP) is 6.50. The zero-order chi connectivity index (χ0) is 22.4. The van der Waals surface area contributed by atoms with Crippen LogP contribution in [0, 0.1) is 0 Å². The minimum atomic E-state index is -4.34. The lowest BCUT2D eigenvalue weighted by Gasteiger charge is -2.10. The number of nitrogens with zero attached hydrogens (tertiary/aromatic N) is 2. The van der Waals surface area contributed by atoms with Crippen molar-refractivity contribution in [3.8, 4) is 0 Å². The fraction of sp³-hybridized carbons (Fsp3) is 0.0833. The third kappa shape index (κ3) is 5.59. The van der Waals surface area contributed by atoms with E-state index < -0.39 is 11.7 Å². The number of hydrogen-bond acceptors (Lipinski definition) is 5. The fourth-order valence-electron chi connectivity index (χ4n) is 2.99. The summed E-state index contributed by atoms with van der Waals surface area (Å²) in [5.41, 5.74) is 5.66. The van der Waals surface area contributed by atoms with Crippen molar-refractivity contribution >= 4 is 34.8 Å². The van der Waals surface area contributed by atoms with Gasteiger partial charge in [-0.2, -0.15) is 18.3 Å². The summed E-state index contributed by atoms with van der Waals surface area (Å²) in [5.74, 6) is 0. The zero-order valence-corrected chi connectivity index (χ0v) is 17.6. The molecule has 4 nitrogen and oxygen atoms in total. The monoisotopic (exact) mass is 452 g/mol. The number of hydrazone groups is 1. The van der Waals surface area contributed by atoms with Gasteiger partial charge >= 0.3 is 6.18 Å². The van der Waals surface area contributed by atoms with Crippen molar-refractivity contribution in [2.45, 2.75) is 17.6 Å². The fourth-order valence-corrected chi connectivity index (χ4v) is 3.65. The molecule has 0 radical (unpaired) electrons. The molecule has 0 fully saturated rings. The Labute approximate surface area is 187 Å². The lowest BCUT2D eigenvalue weighted by Crippen LogP contribution is -2.05. The van der Waals surface area contributed by atoms with Gasteiger partial charge in [-0.25, -0.2) is 4.98 Å². The van der Waals surface area contributed by atoms with Gasteiger partial charge in [-0.1, -0.05) is 48.5 Å². The Hall–Kier alpha value is -3.52. The maximum Gasteiger partial charge on any atom is 0.416 e. The number of alkyl halides is 3. The van der Waals surface area contributed by atoms with Gasteiger partial charge in [-0.05, 0) is 53.9 Å². The van der Waals surface area contributed by atoms with Gasteiger partial charge < -0.3 is 10.1 Å². The molecule has 3 aromatic carbocycles. The van der Waals surface area contributed by atoms with Crippen LogP contribution in [0.25, 0.3) is 10.9 Å². The third-order valence-electron chi connectivity index (χ3n) is 4.62. The minimum Gasteiger partial charge on any atom is -0.324 e. The molecule has 0 aliphatic heterocycles. The summed E-state index contributed by atoms with van der Waals surface area (Å²) < 4.78 is 41.4. The first-order valence-electron chi connectivity index (χ1n) is 9.79. The van der Waals surface area contributed by atoms with Crippen LogP contribution in [0.2, 0.25) is 0 Å². The second kappa shape index (κ2) is 9.74. The Morgan fingerprint density at radius 2 is 1.66 bits per heavy atom. The summed E-state index contributed by atoms with van der Waals surface area (Å²) >= 11 is 1.23. The molecule has 0 aliphatic rings. The molecule has 4 rings (SSSR count). The summed E-state index contributed by atoms with van der Waals surface area (Å²) in [6.45, 7) is 0.613. The first-order valence-corrected chi connectivity index (χ1v) is 10.6. The van der Waals surface area contributed by atoms with Gasteiger partial charge in [0.2, 0.25) is 0 Å². The quantitative estimate of drug-likeness (QED) is 0.191. The number of halogens is 3. The average Bonchev–Trinajstić information content (AvgIpc) is 2.81. The lowest BCUT2D eigenvalue weighted by molar-refractivity contribution is -0.137. The van der Waals surface area contributed by atoms with Gasteiger partial charge in [0.15, 0.2) is 0 Å². The number of anilines is 1. The van der Waals surface area contributed by atoms with Crippen LogP contribution >= 0.6 is 11.9 Å². The van der Waals surface area contributed by atoms with Crippen molar-refractivity contribution < 1.29 is 13.2 Å². The van der Waals surface area contributed by atoms with E-state index in [-0.39, 0.29) is 0 Å². The van der Waals surface area contributed by atoms with Crippen molar-refractivity contribution in [2.24, 2.45) is 5.10 Å². The van der Waals surface area contributed by atoms with Gasteiger partial charge in [0.25, 0.3) is 0 Å². The molecule has 0 unspecified atom stereocenters. The highest BCUT2D eigenvalue weighted by atomic mass is 32.2. The number of pyridine rings is 1. The molecule has 1 heterocycles. The van der Waals surface area contributed by atoms with Gasteiger partial charge in [-0.15, -0.1) is 0 Å². The third-order valence-corrected chi connectivity index (χ3v) is 5.45. The molecule has 0 bridgehead atoms. The highest BCUT2D eigenvalue weighted by Crippen LogP contribution is 2.32. The molecule has 0 saturated carbocycles. The number of para-hydroxylation sites is 1. The molecule has 0 spiro atoms. The van der Waals surface area contributed by atoms with E-state index in [1.54, 1.807) is 6.21 Å². The van der Waals surface area contributed by atoms with Crippen molar-refractivity contribution in [1.29, 1.82) is 0 Å². The molecule has 32 heavy (non-hydrogen) atoms. The van der Waals surface area contributed by atoms with E-state index in [1.807, 2.05) is 60.7 Å². The van der Waals surface area contributed by atoms with E-state index in [1.165, 1.54) is 24.1 Å². The smallest absolute Gasteiger partial charge is 0.324 e. The van der Waals surface area contributed by atoms with E-state index in [0.29, 0.717) is 17.1 Å². The molecule has 8 heteroatoms. The van der Waals surface area contributed by atoms with E-state index in [4.69, 9.17) is 0 Å². The minimum absolute atomic E-state index is 0.613. The van der Waals surface area contributed by atoms with Crippen molar-refractivity contribution in [1.82, 2.24) is 10.4 Å². The highest BCUT2D eigenvalue weighted by molar-refractivity contribution is 8.00. The number of benzene rings is 3. The summed E-state index contributed by atoms with van der Waals surface area (Å²) in [7, 11) is 0. The maximum absolute atomic E-state index is 12.7. The molecule has 2 N–H and O–H groups in total. The van der Waals surface area contributed by atoms with Gasteiger partial charge in [0, 0.05) is 10.3 Å². The Morgan fingerprint density at radius 3 is 2.41 bits per heavy atom. The summed E-state index contributed by atoms with van der Waals surface area (Å²) in [6, 6.07) is 24.5. The zero-order valence-electron chi connectivity index (χ0n) is 16.8. The number of fused-ring (bicyclic) bond motifs is 1. The lowest BCUT2D eigenvalue weighted by atomic mass is 10.2. The van der Waals surface area contributed by atoms with Crippen LogP contribution in [-0.4, -0.2) is 11.2 Å². The molecular weight excluding hydrogens is 433 g/mol. The van der Waals surface area contributed by atoms with E-state index in [0.717, 1.165) is 34.3 Å². The normalized spacial score (nSPS) is 11.7. The number of aromatic nitrogens is 1. The number of nitrogens with one attached hydrogen (secondary N) is 2. The Morgan fingerprint density at radius 1 is 0.875 bits per heavy atom. The summed E-state index contributed by atoms with van der Waals surface area (Å²) in [4.78, 5) is 5.33. The highest BCUT2D eigenvalue weighted by Gasteiger charge is 2.29. The Bertz CT molecular complexity index is 1210. The van der Waals surface area contributed by atoms with Crippen molar-refractivity contribution in [3.63, 3.8) is 0 Å². The number of hydrogen-bond donors (Lipinski definition) is 2. The van der Waals surface area contributed by atoms with Gasteiger partial charge in [-0.3, -0.25) is 0 Å². The van der Waals surface area contributed by atoms with E-state index in [9.17, 15) is 13.2 Å². The molecule has 0 amide bonds. The molecule has 1 aromatic heterocycles. The van der Waals surface area contributed by atoms with Crippen LogP contribution < -0.4 is 10.1 Å². The van der Waals surface area contributed by atoms with Crippen molar-refractivity contribution in [3.05, 3.63) is 102 Å². The second-order valence-electron chi connectivity index (χ2n) is 6.92. The molecule has 0 atom stereocenters. The average molecular weight is 453 g/mol. The Kier molecular flexibility index (Phi) is 6.61. The molecular formula is C24H19F3N4S. The maximum atomic E-state index is 12.7. The molecule has 4 aromatic rings. The topological polar surface area (TPSA) is 49.3 Å². The first-order chi connectivity index (χ1) is 15.5. The molecule has 0 saturated heterocycles. The van der Waals surface area contributed by atoms with Crippen LogP contribution in [0.4, 0.5) is 18.9 Å². The number of rotatable bonds is 7. The van der Waals surface area contributed by atoms with Gasteiger partial charge in [0.05, 0.1) is 35.2 Å².